The normalized spacial score (nSPS) is 18.9. The van der Waals surface area contributed by atoms with Crippen LogP contribution in [0, 0.1) is 5.82 Å². The molecule has 1 atom stereocenters. The van der Waals surface area contributed by atoms with Gasteiger partial charge in [-0.25, -0.2) is 4.39 Å². The topological polar surface area (TPSA) is 82.4 Å². The van der Waals surface area contributed by atoms with E-state index in [-0.39, 0.29) is 24.4 Å². The summed E-state index contributed by atoms with van der Waals surface area (Å²) in [6, 6.07) is 8.29. The van der Waals surface area contributed by atoms with Gasteiger partial charge in [-0.05, 0) is 56.6 Å². The fraction of sp³-hybridized carbons (Fsp3) is 0.440. The van der Waals surface area contributed by atoms with E-state index in [2.05, 4.69) is 20.1 Å². The maximum atomic E-state index is 14.2. The Bertz CT molecular complexity index is 1180. The first-order valence-corrected chi connectivity index (χ1v) is 12.2. The number of benzene rings is 1. The highest BCUT2D eigenvalue weighted by Gasteiger charge is 2.27. The standard InChI is InChI=1S/C25H27ClFN5O3/c26-19-4-3-18(21(27)12-19)16-35-22-2-1-8-28-25(22)17-5-9-31(10-6-17)14-23-29-30-24(15-33)32(23)13-20-7-11-34-20/h1-4,8,12,15,17,20H,5-7,9-11,13-14,16H2/t20-/m0/s1. The lowest BCUT2D eigenvalue weighted by Crippen LogP contribution is -2.36. The molecule has 0 amide bonds. The molecule has 0 N–H and O–H groups in total. The van der Waals surface area contributed by atoms with Gasteiger partial charge in [0.25, 0.3) is 0 Å². The summed E-state index contributed by atoms with van der Waals surface area (Å²) < 4.78 is 27.5. The van der Waals surface area contributed by atoms with Crippen molar-refractivity contribution in [3.63, 3.8) is 0 Å². The summed E-state index contributed by atoms with van der Waals surface area (Å²) in [5.41, 5.74) is 1.35. The predicted octanol–water partition coefficient (Wildman–Crippen LogP) is 4.03. The summed E-state index contributed by atoms with van der Waals surface area (Å²) in [6.45, 7) is 3.82. The highest BCUT2D eigenvalue weighted by Crippen LogP contribution is 2.33. The number of hydrogen-bond acceptors (Lipinski definition) is 7. The lowest BCUT2D eigenvalue weighted by atomic mass is 9.92. The highest BCUT2D eigenvalue weighted by molar-refractivity contribution is 6.30. The Morgan fingerprint density at radius 2 is 2.03 bits per heavy atom. The van der Waals surface area contributed by atoms with Gasteiger partial charge < -0.3 is 14.0 Å². The van der Waals surface area contributed by atoms with Crippen LogP contribution in [0.1, 0.15) is 52.9 Å². The van der Waals surface area contributed by atoms with Crippen molar-refractivity contribution in [3.8, 4) is 5.75 Å². The van der Waals surface area contributed by atoms with Crippen LogP contribution in [0.2, 0.25) is 5.02 Å². The molecule has 2 saturated heterocycles. The first-order valence-electron chi connectivity index (χ1n) is 11.8. The van der Waals surface area contributed by atoms with E-state index in [1.807, 2.05) is 16.7 Å². The zero-order valence-corrected chi connectivity index (χ0v) is 20.0. The van der Waals surface area contributed by atoms with Crippen LogP contribution in [0.5, 0.6) is 5.75 Å². The molecule has 8 nitrogen and oxygen atoms in total. The number of piperidine rings is 1. The van der Waals surface area contributed by atoms with Crippen LogP contribution in [0.25, 0.3) is 0 Å². The summed E-state index contributed by atoms with van der Waals surface area (Å²) >= 11 is 5.85. The molecule has 0 aliphatic carbocycles. The maximum Gasteiger partial charge on any atom is 0.197 e. The van der Waals surface area contributed by atoms with Crippen LogP contribution in [-0.4, -0.2) is 56.7 Å². The van der Waals surface area contributed by atoms with Crippen molar-refractivity contribution in [1.29, 1.82) is 0 Å². The quantitative estimate of drug-likeness (QED) is 0.411. The molecule has 0 unspecified atom stereocenters. The first kappa shape index (κ1) is 23.8. The van der Waals surface area contributed by atoms with Gasteiger partial charge in [-0.1, -0.05) is 17.7 Å². The third kappa shape index (κ3) is 5.52. The van der Waals surface area contributed by atoms with E-state index >= 15 is 0 Å². The number of pyridine rings is 1. The number of hydrogen-bond donors (Lipinski definition) is 0. The third-order valence-electron chi connectivity index (χ3n) is 6.68. The van der Waals surface area contributed by atoms with E-state index in [1.54, 1.807) is 18.3 Å². The Morgan fingerprint density at radius 3 is 2.74 bits per heavy atom. The second-order valence-electron chi connectivity index (χ2n) is 8.95. The Balaban J connectivity index is 1.20. The maximum absolute atomic E-state index is 14.2. The third-order valence-corrected chi connectivity index (χ3v) is 6.91. The molecular weight excluding hydrogens is 473 g/mol. The number of aromatic nitrogens is 4. The molecule has 0 spiro atoms. The van der Waals surface area contributed by atoms with Crippen LogP contribution in [-0.2, 0) is 24.4 Å². The van der Waals surface area contributed by atoms with Crippen LogP contribution in [0.3, 0.4) is 0 Å². The molecule has 2 aliphatic rings. The first-order chi connectivity index (χ1) is 17.1. The van der Waals surface area contributed by atoms with Crippen molar-refractivity contribution in [2.75, 3.05) is 19.7 Å². The fourth-order valence-corrected chi connectivity index (χ4v) is 4.73. The van der Waals surface area contributed by atoms with Crippen LogP contribution in [0.4, 0.5) is 4.39 Å². The van der Waals surface area contributed by atoms with Gasteiger partial charge in [-0.3, -0.25) is 14.7 Å². The minimum atomic E-state index is -0.384. The molecule has 10 heteroatoms. The molecule has 0 saturated carbocycles. The number of nitrogens with zero attached hydrogens (tertiary/aromatic N) is 5. The molecule has 2 aromatic heterocycles. The minimum Gasteiger partial charge on any atom is -0.487 e. The van der Waals surface area contributed by atoms with E-state index in [0.29, 0.717) is 35.2 Å². The summed E-state index contributed by atoms with van der Waals surface area (Å²) in [4.78, 5) is 18.3. The molecule has 0 radical (unpaired) electrons. The summed E-state index contributed by atoms with van der Waals surface area (Å²) in [5, 5.41) is 8.67. The second kappa shape index (κ2) is 10.8. The van der Waals surface area contributed by atoms with Crippen molar-refractivity contribution >= 4 is 17.9 Å². The van der Waals surface area contributed by atoms with Crippen molar-refractivity contribution in [1.82, 2.24) is 24.6 Å². The number of carbonyl (C=O) groups excluding carboxylic acids is 1. The summed E-state index contributed by atoms with van der Waals surface area (Å²) in [5.74, 6) is 1.66. The molecule has 5 rings (SSSR count). The predicted molar refractivity (Wildman–Crippen MR) is 127 cm³/mol. The van der Waals surface area contributed by atoms with Crippen molar-refractivity contribution < 1.29 is 18.7 Å². The average molecular weight is 500 g/mol. The number of likely N-dealkylation sites (tertiary alicyclic amines) is 1. The van der Waals surface area contributed by atoms with Gasteiger partial charge in [0, 0.05) is 29.3 Å². The largest absolute Gasteiger partial charge is 0.487 e. The van der Waals surface area contributed by atoms with Gasteiger partial charge in [0.15, 0.2) is 12.1 Å². The van der Waals surface area contributed by atoms with Gasteiger partial charge >= 0.3 is 0 Å². The van der Waals surface area contributed by atoms with Crippen molar-refractivity contribution in [3.05, 3.63) is 70.3 Å². The molecule has 3 aromatic rings. The molecule has 4 heterocycles. The van der Waals surface area contributed by atoms with E-state index < -0.39 is 0 Å². The van der Waals surface area contributed by atoms with Gasteiger partial charge in [0.2, 0.25) is 0 Å². The van der Waals surface area contributed by atoms with Gasteiger partial charge in [-0.15, -0.1) is 10.2 Å². The molecule has 0 bridgehead atoms. The Morgan fingerprint density at radius 1 is 1.20 bits per heavy atom. The molecule has 1 aromatic carbocycles. The van der Waals surface area contributed by atoms with Crippen LogP contribution in [0.15, 0.2) is 36.5 Å². The van der Waals surface area contributed by atoms with E-state index in [9.17, 15) is 9.18 Å². The molecular formula is C25H27ClFN5O3. The lowest BCUT2D eigenvalue weighted by molar-refractivity contribution is -0.0599. The van der Waals surface area contributed by atoms with E-state index in [0.717, 1.165) is 56.8 Å². The van der Waals surface area contributed by atoms with Gasteiger partial charge in [0.05, 0.1) is 24.9 Å². The fourth-order valence-electron chi connectivity index (χ4n) is 4.57. The summed E-state index contributed by atoms with van der Waals surface area (Å²) in [7, 11) is 0. The van der Waals surface area contributed by atoms with Gasteiger partial charge in [-0.2, -0.15) is 0 Å². The SMILES string of the molecule is O=Cc1nnc(CN2CCC(c3ncccc3OCc3ccc(Cl)cc3F)CC2)n1C[C@@H]1CCO1. The minimum absolute atomic E-state index is 0.111. The van der Waals surface area contributed by atoms with E-state index in [4.69, 9.17) is 21.1 Å². The number of carbonyl (C=O) groups is 1. The van der Waals surface area contributed by atoms with Crippen molar-refractivity contribution in [2.45, 2.75) is 51.0 Å². The molecule has 35 heavy (non-hydrogen) atoms. The Labute approximate surface area is 208 Å². The molecule has 2 aliphatic heterocycles. The second-order valence-corrected chi connectivity index (χ2v) is 9.38. The lowest BCUT2D eigenvalue weighted by Gasteiger charge is -2.32. The van der Waals surface area contributed by atoms with E-state index in [1.165, 1.54) is 6.07 Å². The zero-order valence-electron chi connectivity index (χ0n) is 19.3. The smallest absolute Gasteiger partial charge is 0.197 e. The number of halogens is 2. The Hall–Kier alpha value is -2.88. The monoisotopic (exact) mass is 499 g/mol. The van der Waals surface area contributed by atoms with Crippen LogP contribution < -0.4 is 4.74 Å². The van der Waals surface area contributed by atoms with Crippen molar-refractivity contribution in [2.24, 2.45) is 0 Å². The summed E-state index contributed by atoms with van der Waals surface area (Å²) in [6.07, 6.45) is 5.44. The number of ether oxygens (including phenoxy) is 2. The van der Waals surface area contributed by atoms with Crippen LogP contribution >= 0.6 is 11.6 Å². The molecule has 184 valence electrons. The zero-order chi connectivity index (χ0) is 24.2. The highest BCUT2D eigenvalue weighted by atomic mass is 35.5. The molecule has 2 fully saturated rings. The number of aldehydes is 1. The Kier molecular flexibility index (Phi) is 7.36. The van der Waals surface area contributed by atoms with Gasteiger partial charge in [0.1, 0.15) is 24.0 Å². The average Bonchev–Trinajstić information content (AvgIpc) is 3.22. The number of rotatable bonds is 9.